The molecule has 2 aliphatic rings. The number of ether oxygens (including phenoxy) is 3. The van der Waals surface area contributed by atoms with Crippen LogP contribution in [-0.4, -0.2) is 54.4 Å². The Morgan fingerprint density at radius 2 is 1.94 bits per heavy atom. The topological polar surface area (TPSA) is 120 Å². The SMILES string of the molecule is CC(OC(=O)OC1CCCCC1)OC(=O)c1cccc2c1OB(O)[C@@H](NC(=O)CC(C)(F)F)C2. The van der Waals surface area contributed by atoms with Crippen LogP contribution in [0, 0.1) is 0 Å². The lowest BCUT2D eigenvalue weighted by molar-refractivity contribution is -0.127. The van der Waals surface area contributed by atoms with E-state index in [1.807, 2.05) is 0 Å². The summed E-state index contributed by atoms with van der Waals surface area (Å²) in [6.45, 7) is 1.98. The molecule has 0 bridgehead atoms. The van der Waals surface area contributed by atoms with Gasteiger partial charge in [0.15, 0.2) is 0 Å². The van der Waals surface area contributed by atoms with Crippen molar-refractivity contribution in [3.05, 3.63) is 29.3 Å². The fourth-order valence-corrected chi connectivity index (χ4v) is 3.97. The fraction of sp³-hybridized carbons (Fsp3) is 0.591. The molecule has 1 saturated carbocycles. The van der Waals surface area contributed by atoms with Crippen LogP contribution < -0.4 is 9.97 Å². The summed E-state index contributed by atoms with van der Waals surface area (Å²) in [6, 6.07) is 4.54. The van der Waals surface area contributed by atoms with Gasteiger partial charge >= 0.3 is 19.2 Å². The van der Waals surface area contributed by atoms with E-state index in [4.69, 9.17) is 18.9 Å². The number of halogens is 2. The molecule has 0 radical (unpaired) electrons. The van der Waals surface area contributed by atoms with Crippen LogP contribution in [0.15, 0.2) is 18.2 Å². The smallest absolute Gasteiger partial charge is 0.534 e. The maximum atomic E-state index is 13.1. The van der Waals surface area contributed by atoms with E-state index in [1.54, 1.807) is 12.1 Å². The molecule has 2 atom stereocenters. The molecule has 1 unspecified atom stereocenters. The lowest BCUT2D eigenvalue weighted by Gasteiger charge is -2.29. The highest BCUT2D eigenvalue weighted by molar-refractivity contribution is 6.47. The zero-order valence-electron chi connectivity index (χ0n) is 19.1. The Balaban J connectivity index is 1.58. The molecule has 1 aromatic rings. The zero-order chi connectivity index (χ0) is 24.9. The molecule has 2 N–H and O–H groups in total. The molecule has 3 rings (SSSR count). The summed E-state index contributed by atoms with van der Waals surface area (Å²) in [5.41, 5.74) is 0.427. The molecule has 186 valence electrons. The van der Waals surface area contributed by atoms with Crippen molar-refractivity contribution in [2.45, 2.75) is 83.1 Å². The van der Waals surface area contributed by atoms with E-state index in [9.17, 15) is 28.2 Å². The van der Waals surface area contributed by atoms with E-state index < -0.39 is 49.7 Å². The maximum absolute atomic E-state index is 13.1. The first kappa shape index (κ1) is 25.7. The molecular formula is C22H28BF2NO8. The van der Waals surface area contributed by atoms with Gasteiger partial charge in [0.25, 0.3) is 5.92 Å². The second-order valence-electron chi connectivity index (χ2n) is 8.65. The van der Waals surface area contributed by atoms with Crippen LogP contribution in [0.3, 0.4) is 0 Å². The van der Waals surface area contributed by atoms with Crippen molar-refractivity contribution in [2.75, 3.05) is 0 Å². The second-order valence-corrected chi connectivity index (χ2v) is 8.65. The Hall–Kier alpha value is -2.89. The molecule has 0 saturated heterocycles. The van der Waals surface area contributed by atoms with Gasteiger partial charge in [0.1, 0.15) is 17.4 Å². The van der Waals surface area contributed by atoms with Gasteiger partial charge in [-0.3, -0.25) is 4.79 Å². The van der Waals surface area contributed by atoms with Crippen molar-refractivity contribution < 1.29 is 47.1 Å². The molecule has 12 heteroatoms. The van der Waals surface area contributed by atoms with Gasteiger partial charge in [0, 0.05) is 6.92 Å². The van der Waals surface area contributed by atoms with Gasteiger partial charge in [-0.05, 0) is 50.7 Å². The minimum Gasteiger partial charge on any atom is -0.534 e. The Labute approximate surface area is 196 Å². The van der Waals surface area contributed by atoms with Gasteiger partial charge in [-0.25, -0.2) is 18.4 Å². The summed E-state index contributed by atoms with van der Waals surface area (Å²) >= 11 is 0. The number of nitrogens with one attached hydrogen (secondary N) is 1. The number of alkyl halides is 2. The predicted octanol–water partition coefficient (Wildman–Crippen LogP) is 3.16. The molecule has 1 aliphatic heterocycles. The monoisotopic (exact) mass is 483 g/mol. The molecule has 34 heavy (non-hydrogen) atoms. The lowest BCUT2D eigenvalue weighted by atomic mass is 9.72. The van der Waals surface area contributed by atoms with Gasteiger partial charge in [0.05, 0.1) is 12.4 Å². The zero-order valence-corrected chi connectivity index (χ0v) is 19.1. The summed E-state index contributed by atoms with van der Waals surface area (Å²) in [5, 5.41) is 12.6. The van der Waals surface area contributed by atoms with Gasteiger partial charge in [-0.2, -0.15) is 0 Å². The summed E-state index contributed by atoms with van der Waals surface area (Å²) in [4.78, 5) is 36.4. The highest BCUT2D eigenvalue weighted by atomic mass is 19.3. The first-order valence-electron chi connectivity index (χ1n) is 11.2. The van der Waals surface area contributed by atoms with E-state index in [1.165, 1.54) is 13.0 Å². The predicted molar refractivity (Wildman–Crippen MR) is 115 cm³/mol. The summed E-state index contributed by atoms with van der Waals surface area (Å²) in [7, 11) is -1.57. The Morgan fingerprint density at radius 1 is 1.24 bits per heavy atom. The van der Waals surface area contributed by atoms with E-state index in [0.717, 1.165) is 32.1 Å². The number of fused-ring (bicyclic) bond motifs is 1. The second kappa shape index (κ2) is 11.0. The molecule has 1 fully saturated rings. The molecule has 1 amide bonds. The minimum atomic E-state index is -3.19. The van der Waals surface area contributed by atoms with Crippen LogP contribution in [0.4, 0.5) is 13.6 Å². The molecule has 9 nitrogen and oxygen atoms in total. The van der Waals surface area contributed by atoms with Crippen LogP contribution in [0.1, 0.15) is 68.3 Å². The molecular weight excluding hydrogens is 455 g/mol. The van der Waals surface area contributed by atoms with E-state index in [2.05, 4.69) is 5.32 Å². The highest BCUT2D eigenvalue weighted by Gasteiger charge is 2.39. The van der Waals surface area contributed by atoms with Crippen LogP contribution >= 0.6 is 0 Å². The summed E-state index contributed by atoms with van der Waals surface area (Å²) in [5.74, 6) is -5.95. The summed E-state index contributed by atoms with van der Waals surface area (Å²) < 4.78 is 46.9. The number of rotatable bonds is 7. The molecule has 0 spiro atoms. The number of para-hydroxylation sites is 1. The van der Waals surface area contributed by atoms with Crippen molar-refractivity contribution in [3.8, 4) is 5.75 Å². The average molecular weight is 483 g/mol. The number of amides is 1. The number of carbonyl (C=O) groups is 3. The Morgan fingerprint density at radius 3 is 2.62 bits per heavy atom. The third-order valence-electron chi connectivity index (χ3n) is 5.51. The number of hydrogen-bond acceptors (Lipinski definition) is 8. The van der Waals surface area contributed by atoms with Crippen molar-refractivity contribution in [1.29, 1.82) is 0 Å². The average Bonchev–Trinajstić information content (AvgIpc) is 2.73. The van der Waals surface area contributed by atoms with Crippen LogP contribution in [0.2, 0.25) is 0 Å². The lowest BCUT2D eigenvalue weighted by Crippen LogP contribution is -2.53. The van der Waals surface area contributed by atoms with Gasteiger partial charge < -0.3 is 29.2 Å². The summed E-state index contributed by atoms with van der Waals surface area (Å²) in [6.07, 6.45) is 1.21. The van der Waals surface area contributed by atoms with Crippen LogP contribution in [-0.2, 0) is 25.4 Å². The number of benzene rings is 1. The Bertz CT molecular complexity index is 903. The first-order chi connectivity index (χ1) is 16.0. The Kier molecular flexibility index (Phi) is 8.35. The largest absolute Gasteiger partial charge is 0.547 e. The van der Waals surface area contributed by atoms with E-state index in [-0.39, 0.29) is 23.8 Å². The van der Waals surface area contributed by atoms with Crippen molar-refractivity contribution in [2.24, 2.45) is 0 Å². The maximum Gasteiger partial charge on any atom is 0.547 e. The van der Waals surface area contributed by atoms with Crippen LogP contribution in [0.5, 0.6) is 5.75 Å². The number of hydrogen-bond donors (Lipinski definition) is 2. The third kappa shape index (κ3) is 7.31. The quantitative estimate of drug-likeness (QED) is 0.345. The number of carbonyl (C=O) groups excluding carboxylic acids is 3. The third-order valence-corrected chi connectivity index (χ3v) is 5.51. The normalized spacial score (nSPS) is 19.3. The van der Waals surface area contributed by atoms with Gasteiger partial charge in [0.2, 0.25) is 12.2 Å². The first-order valence-corrected chi connectivity index (χ1v) is 11.2. The molecule has 1 aromatic carbocycles. The van der Waals surface area contributed by atoms with Crippen molar-refractivity contribution in [3.63, 3.8) is 0 Å². The van der Waals surface area contributed by atoms with E-state index in [0.29, 0.717) is 12.5 Å². The highest BCUT2D eigenvalue weighted by Crippen LogP contribution is 2.31. The standard InChI is InChI=1S/C22H28BF2NO8/c1-13(32-21(29)33-15-8-4-3-5-9-15)31-20(28)16-10-6-7-14-11-17(23(30)34-19(14)16)26-18(27)12-22(2,24)25/h6-7,10,13,15,17,30H,3-5,8-9,11-12H2,1-2H3,(H,26,27)/t13?,17-/m0/s1. The van der Waals surface area contributed by atoms with Crippen LogP contribution in [0.25, 0.3) is 0 Å². The number of esters is 1. The van der Waals surface area contributed by atoms with E-state index >= 15 is 0 Å². The fourth-order valence-electron chi connectivity index (χ4n) is 3.97. The van der Waals surface area contributed by atoms with Crippen molar-refractivity contribution in [1.82, 2.24) is 5.32 Å². The van der Waals surface area contributed by atoms with Crippen molar-refractivity contribution >= 4 is 25.2 Å². The molecule has 1 aliphatic carbocycles. The molecule has 0 aromatic heterocycles. The molecule has 1 heterocycles. The van der Waals surface area contributed by atoms with Gasteiger partial charge in [-0.1, -0.05) is 18.6 Å². The minimum absolute atomic E-state index is 0.0301. The van der Waals surface area contributed by atoms with Gasteiger partial charge in [-0.15, -0.1) is 0 Å².